The van der Waals surface area contributed by atoms with Gasteiger partial charge in [-0.2, -0.15) is 5.10 Å². The lowest BCUT2D eigenvalue weighted by Crippen LogP contribution is -2.17. The molecule has 1 aliphatic rings. The van der Waals surface area contributed by atoms with Gasteiger partial charge < -0.3 is 4.90 Å². The maximum Gasteiger partial charge on any atom is 0.203 e. The summed E-state index contributed by atoms with van der Waals surface area (Å²) in [6.07, 6.45) is 4.42. The van der Waals surface area contributed by atoms with Crippen LogP contribution in [-0.2, 0) is 0 Å². The van der Waals surface area contributed by atoms with Gasteiger partial charge in [-0.3, -0.25) is 5.43 Å². The van der Waals surface area contributed by atoms with Crippen LogP contribution in [0.15, 0.2) is 63.5 Å². The van der Waals surface area contributed by atoms with Crippen LogP contribution in [0, 0.1) is 0 Å². The first-order valence-electron chi connectivity index (χ1n) is 8.63. The lowest BCUT2D eigenvalue weighted by molar-refractivity contribution is 0.949. The maximum atomic E-state index is 4.58. The van der Waals surface area contributed by atoms with E-state index in [0.717, 1.165) is 26.4 Å². The predicted molar refractivity (Wildman–Crippen MR) is 114 cm³/mol. The van der Waals surface area contributed by atoms with E-state index in [0.29, 0.717) is 0 Å². The molecule has 0 unspecified atom stereocenters. The average molecular weight is 427 g/mol. The van der Waals surface area contributed by atoms with E-state index in [1.165, 1.54) is 31.6 Å². The minimum Gasteiger partial charge on any atom is -0.372 e. The first kappa shape index (κ1) is 17.2. The molecule has 1 aliphatic heterocycles. The lowest BCUT2D eigenvalue weighted by atomic mass is 10.2. The normalized spacial score (nSPS) is 14.3. The maximum absolute atomic E-state index is 4.58. The number of rotatable bonds is 5. The van der Waals surface area contributed by atoms with Gasteiger partial charge in [-0.25, -0.2) is 4.98 Å². The molecule has 0 bridgehead atoms. The summed E-state index contributed by atoms with van der Waals surface area (Å²) in [5.74, 6) is 0. The van der Waals surface area contributed by atoms with Crippen molar-refractivity contribution in [2.75, 3.05) is 23.4 Å². The van der Waals surface area contributed by atoms with Crippen molar-refractivity contribution in [3.8, 4) is 11.3 Å². The fraction of sp³-hybridized carbons (Fsp3) is 0.200. The molecule has 1 saturated heterocycles. The van der Waals surface area contributed by atoms with Gasteiger partial charge in [0.15, 0.2) is 0 Å². The molecule has 3 aromatic rings. The Hall–Kier alpha value is -2.18. The van der Waals surface area contributed by atoms with Crippen molar-refractivity contribution in [3.05, 3.63) is 63.9 Å². The Morgan fingerprint density at radius 3 is 2.50 bits per heavy atom. The number of nitrogens with zero attached hydrogens (tertiary/aromatic N) is 3. The molecule has 132 valence electrons. The third-order valence-electron chi connectivity index (χ3n) is 4.38. The number of hydrazone groups is 1. The van der Waals surface area contributed by atoms with Crippen LogP contribution in [0.1, 0.15) is 18.4 Å². The Morgan fingerprint density at radius 1 is 1.04 bits per heavy atom. The van der Waals surface area contributed by atoms with Gasteiger partial charge in [0.25, 0.3) is 0 Å². The highest BCUT2D eigenvalue weighted by molar-refractivity contribution is 9.10. The molecule has 1 N–H and O–H groups in total. The standard InChI is InChI=1S/C20H19BrN4S/c21-17-7-5-16(6-8-17)19-14-26-20(23-19)24-22-13-15-3-9-18(10-4-15)25-11-1-2-12-25/h3-10,13-14H,1-2,11-12H2,(H,23,24)/b22-13+. The van der Waals surface area contributed by atoms with Crippen molar-refractivity contribution >= 4 is 44.3 Å². The van der Waals surface area contributed by atoms with Gasteiger partial charge in [-0.15, -0.1) is 11.3 Å². The minimum absolute atomic E-state index is 0.785. The van der Waals surface area contributed by atoms with E-state index in [1.807, 2.05) is 35.9 Å². The van der Waals surface area contributed by atoms with Gasteiger partial charge in [-0.1, -0.05) is 40.2 Å². The molecule has 0 saturated carbocycles. The monoisotopic (exact) mass is 426 g/mol. The molecule has 2 heterocycles. The van der Waals surface area contributed by atoms with Crippen molar-refractivity contribution in [1.82, 2.24) is 4.98 Å². The molecule has 1 fully saturated rings. The molecule has 4 nitrogen and oxygen atoms in total. The molecular formula is C20H19BrN4S. The Morgan fingerprint density at radius 2 is 1.77 bits per heavy atom. The van der Waals surface area contributed by atoms with Crippen molar-refractivity contribution in [1.29, 1.82) is 0 Å². The number of nitrogens with one attached hydrogen (secondary N) is 1. The van der Waals surface area contributed by atoms with Gasteiger partial charge in [-0.05, 0) is 42.7 Å². The summed E-state index contributed by atoms with van der Waals surface area (Å²) in [7, 11) is 0. The van der Waals surface area contributed by atoms with E-state index < -0.39 is 0 Å². The number of benzene rings is 2. The van der Waals surface area contributed by atoms with Crippen molar-refractivity contribution in [2.24, 2.45) is 5.10 Å². The molecule has 1 aromatic heterocycles. The summed E-state index contributed by atoms with van der Waals surface area (Å²) in [5.41, 5.74) is 7.44. The summed E-state index contributed by atoms with van der Waals surface area (Å²) in [6.45, 7) is 2.33. The highest BCUT2D eigenvalue weighted by Gasteiger charge is 2.11. The number of hydrogen-bond acceptors (Lipinski definition) is 5. The van der Waals surface area contributed by atoms with Crippen LogP contribution in [0.5, 0.6) is 0 Å². The number of aromatic nitrogens is 1. The number of anilines is 2. The molecular weight excluding hydrogens is 408 g/mol. The first-order chi connectivity index (χ1) is 12.8. The predicted octanol–water partition coefficient (Wildman–Crippen LogP) is 5.62. The van der Waals surface area contributed by atoms with Crippen molar-refractivity contribution in [3.63, 3.8) is 0 Å². The van der Waals surface area contributed by atoms with Gasteiger partial charge in [0.1, 0.15) is 0 Å². The topological polar surface area (TPSA) is 40.5 Å². The third kappa shape index (κ3) is 4.14. The molecule has 0 aliphatic carbocycles. The van der Waals surface area contributed by atoms with Crippen LogP contribution < -0.4 is 10.3 Å². The van der Waals surface area contributed by atoms with Gasteiger partial charge in [0.05, 0.1) is 11.9 Å². The van der Waals surface area contributed by atoms with Crippen LogP contribution in [0.2, 0.25) is 0 Å². The van der Waals surface area contributed by atoms with E-state index in [9.17, 15) is 0 Å². The third-order valence-corrected chi connectivity index (χ3v) is 5.66. The smallest absolute Gasteiger partial charge is 0.203 e. The highest BCUT2D eigenvalue weighted by Crippen LogP contribution is 2.26. The average Bonchev–Trinajstić information content (AvgIpc) is 3.35. The summed E-state index contributed by atoms with van der Waals surface area (Å²) >= 11 is 5.00. The molecule has 26 heavy (non-hydrogen) atoms. The highest BCUT2D eigenvalue weighted by atomic mass is 79.9. The van der Waals surface area contributed by atoms with E-state index in [-0.39, 0.29) is 0 Å². The first-order valence-corrected chi connectivity index (χ1v) is 10.3. The van der Waals surface area contributed by atoms with E-state index >= 15 is 0 Å². The van der Waals surface area contributed by atoms with Gasteiger partial charge in [0, 0.05) is 34.2 Å². The Kier molecular flexibility index (Phi) is 5.32. The number of hydrogen-bond donors (Lipinski definition) is 1. The molecule has 6 heteroatoms. The summed E-state index contributed by atoms with van der Waals surface area (Å²) in [5, 5.41) is 7.13. The molecule has 0 amide bonds. The zero-order valence-electron chi connectivity index (χ0n) is 14.2. The second-order valence-corrected chi connectivity index (χ2v) is 7.97. The van der Waals surface area contributed by atoms with Crippen LogP contribution >= 0.6 is 27.3 Å². The Labute approximate surface area is 165 Å². The SMILES string of the molecule is Brc1ccc(-c2csc(N/N=C/c3ccc(N4CCCC4)cc3)n2)cc1. The van der Waals surface area contributed by atoms with E-state index in [1.54, 1.807) is 11.3 Å². The van der Waals surface area contributed by atoms with E-state index in [2.05, 4.69) is 60.6 Å². The zero-order valence-corrected chi connectivity index (χ0v) is 16.6. The second kappa shape index (κ2) is 8.01. The molecule has 0 atom stereocenters. The van der Waals surface area contributed by atoms with Crippen molar-refractivity contribution in [2.45, 2.75) is 12.8 Å². The number of halogens is 1. The van der Waals surface area contributed by atoms with Gasteiger partial charge >= 0.3 is 0 Å². The molecule has 4 rings (SSSR count). The molecule has 2 aromatic carbocycles. The summed E-state index contributed by atoms with van der Waals surface area (Å²) in [6, 6.07) is 16.7. The number of thiazole rings is 1. The minimum atomic E-state index is 0.785. The fourth-order valence-electron chi connectivity index (χ4n) is 2.99. The molecule has 0 radical (unpaired) electrons. The van der Waals surface area contributed by atoms with Crippen LogP contribution in [0.25, 0.3) is 11.3 Å². The van der Waals surface area contributed by atoms with Crippen molar-refractivity contribution < 1.29 is 0 Å². The Bertz CT molecular complexity index is 881. The summed E-state index contributed by atoms with van der Waals surface area (Å²) < 4.78 is 1.06. The van der Waals surface area contributed by atoms with E-state index in [4.69, 9.17) is 0 Å². The van der Waals surface area contributed by atoms with Crippen LogP contribution in [0.4, 0.5) is 10.8 Å². The largest absolute Gasteiger partial charge is 0.372 e. The van der Waals surface area contributed by atoms with Gasteiger partial charge in [0.2, 0.25) is 5.13 Å². The summed E-state index contributed by atoms with van der Waals surface area (Å²) in [4.78, 5) is 7.01. The lowest BCUT2D eigenvalue weighted by Gasteiger charge is -2.17. The van der Waals surface area contributed by atoms with Crippen LogP contribution in [0.3, 0.4) is 0 Å². The quantitative estimate of drug-likeness (QED) is 0.425. The second-order valence-electron chi connectivity index (χ2n) is 6.20. The zero-order chi connectivity index (χ0) is 17.8. The van der Waals surface area contributed by atoms with Crippen LogP contribution in [-0.4, -0.2) is 24.3 Å². The fourth-order valence-corrected chi connectivity index (χ4v) is 3.92. The molecule has 0 spiro atoms. The Balaban J connectivity index is 1.37.